The molecule has 0 aliphatic carbocycles. The number of para-hydroxylation sites is 2. The third kappa shape index (κ3) is 1.41. The molecule has 0 spiro atoms. The number of benzene rings is 2. The van der Waals surface area contributed by atoms with Crippen LogP contribution in [0, 0.1) is 6.92 Å². The van der Waals surface area contributed by atoms with Crippen LogP contribution in [0.15, 0.2) is 53.1 Å². The molecule has 0 fully saturated rings. The lowest BCUT2D eigenvalue weighted by atomic mass is 10.00. The first kappa shape index (κ1) is 10.4. The van der Waals surface area contributed by atoms with Crippen molar-refractivity contribution in [2.75, 3.05) is 0 Å². The van der Waals surface area contributed by atoms with Gasteiger partial charge in [0.2, 0.25) is 0 Å². The van der Waals surface area contributed by atoms with Crippen LogP contribution < -0.4 is 4.74 Å². The summed E-state index contributed by atoms with van der Waals surface area (Å²) in [7, 11) is 0. The third-order valence-electron chi connectivity index (χ3n) is 3.38. The van der Waals surface area contributed by atoms with Crippen molar-refractivity contribution >= 4 is 0 Å². The zero-order valence-electron chi connectivity index (χ0n) is 10.4. The Morgan fingerprint density at radius 2 is 1.47 bits per heavy atom. The molecule has 0 saturated heterocycles. The molecule has 1 aliphatic rings. The number of rotatable bonds is 0. The fourth-order valence-corrected chi connectivity index (χ4v) is 2.51. The van der Waals surface area contributed by atoms with Crippen molar-refractivity contribution in [1.29, 1.82) is 0 Å². The van der Waals surface area contributed by atoms with Crippen molar-refractivity contribution in [2.45, 2.75) is 6.92 Å². The van der Waals surface area contributed by atoms with Crippen molar-refractivity contribution in [3.8, 4) is 33.9 Å². The summed E-state index contributed by atoms with van der Waals surface area (Å²) < 4.78 is 11.4. The van der Waals surface area contributed by atoms with E-state index < -0.39 is 0 Å². The van der Waals surface area contributed by atoms with E-state index in [-0.39, 0.29) is 0 Å². The number of nitrogens with zero attached hydrogens (tertiary/aromatic N) is 1. The van der Waals surface area contributed by atoms with Gasteiger partial charge in [0.25, 0.3) is 0 Å². The number of aryl methyl sites for hydroxylation is 1. The standard InChI is InChI=1S/C16H11NO2/c1-10-15-11-6-2-4-8-13(11)18-14-9-5-3-7-12(14)16(15)17-19-10/h2-9H,1H3. The lowest BCUT2D eigenvalue weighted by Gasteiger charge is -2.08. The fraction of sp³-hybridized carbons (Fsp3) is 0.0625. The smallest absolute Gasteiger partial charge is 0.142 e. The molecule has 0 radical (unpaired) electrons. The van der Waals surface area contributed by atoms with Crippen LogP contribution >= 0.6 is 0 Å². The molecule has 1 aliphatic heterocycles. The van der Waals surface area contributed by atoms with Gasteiger partial charge in [-0.05, 0) is 25.1 Å². The van der Waals surface area contributed by atoms with Gasteiger partial charge in [-0.3, -0.25) is 0 Å². The second-order valence-electron chi connectivity index (χ2n) is 4.56. The van der Waals surface area contributed by atoms with Crippen molar-refractivity contribution in [3.05, 3.63) is 54.3 Å². The van der Waals surface area contributed by atoms with Gasteiger partial charge >= 0.3 is 0 Å². The van der Waals surface area contributed by atoms with Gasteiger partial charge in [-0.15, -0.1) is 0 Å². The van der Waals surface area contributed by atoms with E-state index in [9.17, 15) is 0 Å². The van der Waals surface area contributed by atoms with Gasteiger partial charge in [0.15, 0.2) is 0 Å². The molecule has 2 aromatic carbocycles. The molecule has 0 bridgehead atoms. The maximum Gasteiger partial charge on any atom is 0.142 e. The molecule has 0 atom stereocenters. The Morgan fingerprint density at radius 3 is 2.26 bits per heavy atom. The van der Waals surface area contributed by atoms with E-state index in [2.05, 4.69) is 5.16 Å². The molecule has 4 rings (SSSR count). The molecule has 3 aromatic rings. The highest BCUT2D eigenvalue weighted by atomic mass is 16.5. The number of aromatic nitrogens is 1. The topological polar surface area (TPSA) is 35.3 Å². The van der Waals surface area contributed by atoms with E-state index in [0.29, 0.717) is 0 Å². The van der Waals surface area contributed by atoms with Crippen molar-refractivity contribution in [2.24, 2.45) is 0 Å². The van der Waals surface area contributed by atoms with Crippen molar-refractivity contribution in [1.82, 2.24) is 5.16 Å². The minimum Gasteiger partial charge on any atom is -0.456 e. The highest BCUT2D eigenvalue weighted by molar-refractivity contribution is 5.89. The summed E-state index contributed by atoms with van der Waals surface area (Å²) in [6, 6.07) is 15.8. The van der Waals surface area contributed by atoms with Gasteiger partial charge in [-0.2, -0.15) is 0 Å². The van der Waals surface area contributed by atoms with E-state index >= 15 is 0 Å². The van der Waals surface area contributed by atoms with Crippen LogP contribution in [0.4, 0.5) is 0 Å². The number of hydrogen-bond acceptors (Lipinski definition) is 3. The summed E-state index contributed by atoms with van der Waals surface area (Å²) in [4.78, 5) is 0. The average Bonchev–Trinajstić information content (AvgIpc) is 2.75. The largest absolute Gasteiger partial charge is 0.456 e. The molecule has 2 heterocycles. The quantitative estimate of drug-likeness (QED) is 0.462. The summed E-state index contributed by atoms with van der Waals surface area (Å²) in [5.74, 6) is 2.45. The van der Waals surface area contributed by atoms with Crippen LogP contribution in [0.25, 0.3) is 22.4 Å². The van der Waals surface area contributed by atoms with E-state index in [1.165, 1.54) is 0 Å². The van der Waals surface area contributed by atoms with Crippen LogP contribution in [-0.4, -0.2) is 5.16 Å². The van der Waals surface area contributed by atoms with Gasteiger partial charge in [-0.25, -0.2) is 0 Å². The second-order valence-corrected chi connectivity index (χ2v) is 4.56. The third-order valence-corrected chi connectivity index (χ3v) is 3.38. The van der Waals surface area contributed by atoms with Crippen LogP contribution in [0.1, 0.15) is 5.76 Å². The number of hydrogen-bond donors (Lipinski definition) is 0. The summed E-state index contributed by atoms with van der Waals surface area (Å²) in [6.07, 6.45) is 0. The summed E-state index contributed by atoms with van der Waals surface area (Å²) in [5, 5.41) is 4.20. The molecule has 19 heavy (non-hydrogen) atoms. The van der Waals surface area contributed by atoms with Gasteiger partial charge in [-0.1, -0.05) is 35.5 Å². The maximum atomic E-state index is 6.02. The Hall–Kier alpha value is -2.55. The zero-order chi connectivity index (χ0) is 12.8. The van der Waals surface area contributed by atoms with E-state index in [4.69, 9.17) is 9.26 Å². The molecular formula is C16H11NO2. The molecule has 92 valence electrons. The first-order valence-electron chi connectivity index (χ1n) is 6.17. The molecule has 1 aromatic heterocycles. The Kier molecular flexibility index (Phi) is 2.03. The lowest BCUT2D eigenvalue weighted by molar-refractivity contribution is 0.399. The van der Waals surface area contributed by atoms with Crippen molar-refractivity contribution in [3.63, 3.8) is 0 Å². The van der Waals surface area contributed by atoms with Crippen LogP contribution in [-0.2, 0) is 0 Å². The molecule has 0 unspecified atom stereocenters. The predicted octanol–water partition coefficient (Wildman–Crippen LogP) is 4.42. The highest BCUT2D eigenvalue weighted by Crippen LogP contribution is 2.46. The van der Waals surface area contributed by atoms with E-state index in [1.54, 1.807) is 0 Å². The second kappa shape index (κ2) is 3.72. The Bertz CT molecular complexity index is 774. The molecule has 3 nitrogen and oxygen atoms in total. The van der Waals surface area contributed by atoms with Crippen LogP contribution in [0.2, 0.25) is 0 Å². The first-order valence-corrected chi connectivity index (χ1v) is 6.17. The Morgan fingerprint density at radius 1 is 0.842 bits per heavy atom. The molecule has 0 saturated carbocycles. The van der Waals surface area contributed by atoms with Crippen LogP contribution in [0.5, 0.6) is 11.5 Å². The molecule has 3 heteroatoms. The summed E-state index contributed by atoms with van der Waals surface area (Å²) >= 11 is 0. The Labute approximate surface area is 110 Å². The van der Waals surface area contributed by atoms with Gasteiger partial charge in [0.1, 0.15) is 23.0 Å². The normalized spacial score (nSPS) is 11.8. The number of ether oxygens (including phenoxy) is 1. The SMILES string of the molecule is Cc1onc2c1-c1ccccc1Oc1ccccc1-2. The number of fused-ring (bicyclic) bond motifs is 5. The average molecular weight is 249 g/mol. The monoisotopic (exact) mass is 249 g/mol. The molecule has 0 amide bonds. The summed E-state index contributed by atoms with van der Waals surface area (Å²) in [5.41, 5.74) is 3.84. The minimum atomic E-state index is 0.807. The van der Waals surface area contributed by atoms with Gasteiger partial charge in [0, 0.05) is 11.1 Å². The predicted molar refractivity (Wildman–Crippen MR) is 72.2 cm³/mol. The maximum absolute atomic E-state index is 6.02. The highest BCUT2D eigenvalue weighted by Gasteiger charge is 2.25. The van der Waals surface area contributed by atoms with Crippen molar-refractivity contribution < 1.29 is 9.26 Å². The van der Waals surface area contributed by atoms with E-state index in [1.807, 2.05) is 55.5 Å². The Balaban J connectivity index is 2.14. The molecular weight excluding hydrogens is 238 g/mol. The lowest BCUT2D eigenvalue weighted by Crippen LogP contribution is -1.85. The zero-order valence-corrected chi connectivity index (χ0v) is 10.4. The van der Waals surface area contributed by atoms with Gasteiger partial charge < -0.3 is 9.26 Å². The fourth-order valence-electron chi connectivity index (χ4n) is 2.51. The molecule has 0 N–H and O–H groups in total. The summed E-state index contributed by atoms with van der Waals surface area (Å²) in [6.45, 7) is 1.93. The first-order chi connectivity index (χ1) is 9.34. The van der Waals surface area contributed by atoms with Gasteiger partial charge in [0.05, 0.1) is 5.56 Å². The van der Waals surface area contributed by atoms with Crippen LogP contribution in [0.3, 0.4) is 0 Å². The van der Waals surface area contributed by atoms with E-state index in [0.717, 1.165) is 39.6 Å². The minimum absolute atomic E-state index is 0.807.